The Hall–Kier alpha value is -1.99. The van der Waals surface area contributed by atoms with E-state index in [2.05, 4.69) is 26.3 Å². The van der Waals surface area contributed by atoms with Crippen molar-refractivity contribution in [2.45, 2.75) is 25.3 Å². The van der Waals surface area contributed by atoms with Crippen LogP contribution >= 0.6 is 23.1 Å². The highest BCUT2D eigenvalue weighted by Gasteiger charge is 2.08. The molecule has 0 bridgehead atoms. The second-order valence-corrected chi connectivity index (χ2v) is 7.28. The molecule has 0 spiro atoms. The summed E-state index contributed by atoms with van der Waals surface area (Å²) in [6.45, 7) is 3.97. The number of carbonyl (C=O) groups excluding carboxylic acids is 1. The van der Waals surface area contributed by atoms with Crippen molar-refractivity contribution in [3.8, 4) is 0 Å². The van der Waals surface area contributed by atoms with E-state index in [1.807, 2.05) is 32.0 Å². The molecule has 23 heavy (non-hydrogen) atoms. The lowest BCUT2D eigenvalue weighted by Gasteiger charge is -2.02. The van der Waals surface area contributed by atoms with Crippen LogP contribution in [0.15, 0.2) is 35.6 Å². The van der Waals surface area contributed by atoms with Crippen LogP contribution in [-0.4, -0.2) is 26.6 Å². The highest BCUT2D eigenvalue weighted by atomic mass is 32.2. The minimum Gasteiger partial charge on any atom is -0.302 e. The number of aryl methyl sites for hydroxylation is 2. The topological polar surface area (TPSA) is 67.8 Å². The van der Waals surface area contributed by atoms with Gasteiger partial charge in [0, 0.05) is 17.9 Å². The smallest absolute Gasteiger partial charge is 0.226 e. The first-order valence-electron chi connectivity index (χ1n) is 7.18. The molecule has 2 heterocycles. The van der Waals surface area contributed by atoms with Crippen LogP contribution in [0, 0.1) is 13.8 Å². The van der Waals surface area contributed by atoms with Gasteiger partial charge in [0.2, 0.25) is 5.91 Å². The molecule has 118 valence electrons. The Morgan fingerprint density at radius 2 is 2.13 bits per heavy atom. The first-order chi connectivity index (χ1) is 11.1. The van der Waals surface area contributed by atoms with Crippen LogP contribution in [0.1, 0.15) is 17.7 Å². The fourth-order valence-electron chi connectivity index (χ4n) is 2.02. The minimum atomic E-state index is -0.0287. The van der Waals surface area contributed by atoms with E-state index in [4.69, 9.17) is 0 Å². The Bertz CT molecular complexity index is 847. The van der Waals surface area contributed by atoms with Crippen molar-refractivity contribution >= 4 is 44.4 Å². The van der Waals surface area contributed by atoms with Crippen molar-refractivity contribution in [3.05, 3.63) is 41.9 Å². The zero-order chi connectivity index (χ0) is 16.2. The lowest BCUT2D eigenvalue weighted by Crippen LogP contribution is -2.11. The molecule has 0 aliphatic rings. The van der Waals surface area contributed by atoms with Gasteiger partial charge in [0.25, 0.3) is 0 Å². The summed E-state index contributed by atoms with van der Waals surface area (Å²) in [6.07, 6.45) is 1.96. The van der Waals surface area contributed by atoms with Gasteiger partial charge in [-0.05, 0) is 37.6 Å². The summed E-state index contributed by atoms with van der Waals surface area (Å²) in [4.78, 5) is 24.7. The molecule has 0 aliphatic carbocycles. The number of hydrogen-bond donors (Lipinski definition) is 1. The van der Waals surface area contributed by atoms with Crippen molar-refractivity contribution in [3.63, 3.8) is 0 Å². The maximum atomic E-state index is 12.0. The lowest BCUT2D eigenvalue weighted by atomic mass is 10.2. The Morgan fingerprint density at radius 3 is 2.96 bits per heavy atom. The number of thiazole rings is 1. The van der Waals surface area contributed by atoms with Crippen LogP contribution in [0.4, 0.5) is 5.13 Å². The third kappa shape index (κ3) is 4.27. The summed E-state index contributed by atoms with van der Waals surface area (Å²) >= 11 is 3.05. The highest BCUT2D eigenvalue weighted by molar-refractivity contribution is 7.99. The number of hydrogen-bond acceptors (Lipinski definition) is 6. The SMILES string of the molecule is Cc1ccc2nc(NC(=O)CCSc3cc(C)ncn3)sc2c1. The van der Waals surface area contributed by atoms with E-state index < -0.39 is 0 Å². The second kappa shape index (κ2) is 7.06. The molecule has 0 atom stereocenters. The fraction of sp³-hybridized carbons (Fsp3) is 0.250. The van der Waals surface area contributed by atoms with Gasteiger partial charge in [0.1, 0.15) is 6.33 Å². The molecule has 0 saturated heterocycles. The number of nitrogens with zero attached hydrogens (tertiary/aromatic N) is 3. The molecular weight excluding hydrogens is 328 g/mol. The van der Waals surface area contributed by atoms with Gasteiger partial charge in [-0.25, -0.2) is 15.0 Å². The molecule has 1 aromatic carbocycles. The first-order valence-corrected chi connectivity index (χ1v) is 8.99. The quantitative estimate of drug-likeness (QED) is 0.563. The fourth-order valence-corrected chi connectivity index (χ4v) is 3.88. The van der Waals surface area contributed by atoms with Crippen molar-refractivity contribution in [1.82, 2.24) is 15.0 Å². The van der Waals surface area contributed by atoms with Crippen molar-refractivity contribution in [1.29, 1.82) is 0 Å². The van der Waals surface area contributed by atoms with Crippen LogP contribution < -0.4 is 5.32 Å². The number of rotatable bonds is 5. The average Bonchev–Trinajstić information content (AvgIpc) is 2.88. The predicted octanol–water partition coefficient (Wildman–Crippen LogP) is 3.82. The normalized spacial score (nSPS) is 10.9. The summed E-state index contributed by atoms with van der Waals surface area (Å²) in [5.41, 5.74) is 3.04. The number of aromatic nitrogens is 3. The molecule has 0 aliphatic heterocycles. The molecule has 0 fully saturated rings. The van der Waals surface area contributed by atoms with Gasteiger partial charge in [-0.1, -0.05) is 17.4 Å². The van der Waals surface area contributed by atoms with Crippen LogP contribution in [0.2, 0.25) is 0 Å². The minimum absolute atomic E-state index is 0.0287. The van der Waals surface area contributed by atoms with E-state index in [1.54, 1.807) is 18.1 Å². The summed E-state index contributed by atoms with van der Waals surface area (Å²) < 4.78 is 1.09. The molecule has 5 nitrogen and oxygen atoms in total. The average molecular weight is 344 g/mol. The molecule has 3 rings (SSSR count). The zero-order valence-electron chi connectivity index (χ0n) is 12.9. The van der Waals surface area contributed by atoms with Gasteiger partial charge in [-0.15, -0.1) is 11.8 Å². The number of benzene rings is 1. The van der Waals surface area contributed by atoms with Crippen LogP contribution in [0.25, 0.3) is 10.2 Å². The Labute approximate surface area is 142 Å². The van der Waals surface area contributed by atoms with Gasteiger partial charge >= 0.3 is 0 Å². The van der Waals surface area contributed by atoms with Crippen molar-refractivity contribution in [2.24, 2.45) is 0 Å². The number of nitrogens with one attached hydrogen (secondary N) is 1. The second-order valence-electron chi connectivity index (χ2n) is 5.13. The molecule has 1 amide bonds. The van der Waals surface area contributed by atoms with Crippen molar-refractivity contribution < 1.29 is 4.79 Å². The molecule has 0 radical (unpaired) electrons. The summed E-state index contributed by atoms with van der Waals surface area (Å²) in [5, 5.41) is 4.41. The van der Waals surface area contributed by atoms with Crippen LogP contribution in [-0.2, 0) is 4.79 Å². The molecule has 2 aromatic heterocycles. The van der Waals surface area contributed by atoms with Gasteiger partial charge in [0.05, 0.1) is 15.2 Å². The molecule has 3 aromatic rings. The first kappa shape index (κ1) is 15.9. The third-order valence-corrected chi connectivity index (χ3v) is 5.01. The molecular formula is C16H16N4OS2. The molecule has 0 unspecified atom stereocenters. The van der Waals surface area contributed by atoms with E-state index in [0.29, 0.717) is 17.3 Å². The monoisotopic (exact) mass is 344 g/mol. The molecule has 0 saturated carbocycles. The number of fused-ring (bicyclic) bond motifs is 1. The summed E-state index contributed by atoms with van der Waals surface area (Å²) in [6, 6.07) is 7.99. The van der Waals surface area contributed by atoms with E-state index in [-0.39, 0.29) is 5.91 Å². The zero-order valence-corrected chi connectivity index (χ0v) is 14.5. The lowest BCUT2D eigenvalue weighted by molar-refractivity contribution is -0.115. The standard InChI is InChI=1S/C16H16N4OS2/c1-10-3-4-12-13(7-10)23-16(19-12)20-14(21)5-6-22-15-8-11(2)17-9-18-15/h3-4,7-9H,5-6H2,1-2H3,(H,19,20,21). The summed E-state index contributed by atoms with van der Waals surface area (Å²) in [5.74, 6) is 0.644. The van der Waals surface area contributed by atoms with Crippen molar-refractivity contribution in [2.75, 3.05) is 11.1 Å². The Kier molecular flexibility index (Phi) is 4.88. The Morgan fingerprint density at radius 1 is 1.26 bits per heavy atom. The number of amides is 1. The van der Waals surface area contributed by atoms with Gasteiger partial charge < -0.3 is 5.32 Å². The summed E-state index contributed by atoms with van der Waals surface area (Å²) in [7, 11) is 0. The van der Waals surface area contributed by atoms with Crippen LogP contribution in [0.5, 0.6) is 0 Å². The van der Waals surface area contributed by atoms with E-state index >= 15 is 0 Å². The van der Waals surface area contributed by atoms with Crippen LogP contribution in [0.3, 0.4) is 0 Å². The van der Waals surface area contributed by atoms with Gasteiger partial charge in [0.15, 0.2) is 5.13 Å². The third-order valence-electron chi connectivity index (χ3n) is 3.15. The number of anilines is 1. The number of thioether (sulfide) groups is 1. The largest absolute Gasteiger partial charge is 0.302 e. The maximum Gasteiger partial charge on any atom is 0.226 e. The van der Waals surface area contributed by atoms with E-state index in [9.17, 15) is 4.79 Å². The van der Waals surface area contributed by atoms with Gasteiger partial charge in [-0.2, -0.15) is 0 Å². The number of carbonyl (C=O) groups is 1. The predicted molar refractivity (Wildman–Crippen MR) is 95.1 cm³/mol. The van der Waals surface area contributed by atoms with Gasteiger partial charge in [-0.3, -0.25) is 4.79 Å². The Balaban J connectivity index is 1.54. The van der Waals surface area contributed by atoms with E-state index in [1.165, 1.54) is 16.9 Å². The van der Waals surface area contributed by atoms with E-state index in [0.717, 1.165) is 20.9 Å². The maximum absolute atomic E-state index is 12.0. The molecule has 7 heteroatoms. The molecule has 1 N–H and O–H groups in total. The highest BCUT2D eigenvalue weighted by Crippen LogP contribution is 2.26.